The van der Waals surface area contributed by atoms with Gasteiger partial charge in [0.25, 0.3) is 10.0 Å². The molecule has 1 fully saturated rings. The van der Waals surface area contributed by atoms with E-state index in [0.717, 1.165) is 10.7 Å². The summed E-state index contributed by atoms with van der Waals surface area (Å²) in [6.07, 6.45) is 2.91. The fourth-order valence-corrected chi connectivity index (χ4v) is 4.43. The Bertz CT molecular complexity index is 638. The van der Waals surface area contributed by atoms with Crippen molar-refractivity contribution < 1.29 is 18.3 Å². The van der Waals surface area contributed by atoms with Gasteiger partial charge in [0, 0.05) is 19.3 Å². The van der Waals surface area contributed by atoms with Crippen molar-refractivity contribution in [3.8, 4) is 0 Å². The summed E-state index contributed by atoms with van der Waals surface area (Å²) in [7, 11) is -3.87. The molecule has 0 bridgehead atoms. The number of carboxylic acid groups (broad SMARTS) is 1. The van der Waals surface area contributed by atoms with Crippen LogP contribution in [0.2, 0.25) is 0 Å². The van der Waals surface area contributed by atoms with Gasteiger partial charge in [-0.15, -0.1) is 0 Å². The van der Waals surface area contributed by atoms with Crippen molar-refractivity contribution in [1.29, 1.82) is 0 Å². The average molecular weight is 315 g/mol. The predicted molar refractivity (Wildman–Crippen MR) is 76.4 cm³/mol. The van der Waals surface area contributed by atoms with Crippen molar-refractivity contribution in [2.45, 2.75) is 51.2 Å². The molecule has 118 valence electrons. The predicted octanol–water partition coefficient (Wildman–Crippen LogP) is 1.09. The molecule has 0 saturated carbocycles. The van der Waals surface area contributed by atoms with E-state index in [0.29, 0.717) is 18.8 Å². The standard InChI is InChI=1S/C13H21N3O4S/c1-4-6-15-8-11(14-10(15)3)21(19,20)16-7-5-9(2)12(16)13(17)18/h8-9,12H,4-7H2,1-3H3,(H,17,18). The number of nitrogens with zero attached hydrogens (tertiary/aromatic N) is 3. The first-order chi connectivity index (χ1) is 9.78. The monoisotopic (exact) mass is 315 g/mol. The van der Waals surface area contributed by atoms with Gasteiger partial charge in [-0.25, -0.2) is 13.4 Å². The first kappa shape index (κ1) is 16.0. The average Bonchev–Trinajstić information content (AvgIpc) is 2.95. The topological polar surface area (TPSA) is 92.5 Å². The zero-order valence-corrected chi connectivity index (χ0v) is 13.3. The molecule has 7 nitrogen and oxygen atoms in total. The van der Waals surface area contributed by atoms with Gasteiger partial charge >= 0.3 is 5.97 Å². The van der Waals surface area contributed by atoms with Crippen molar-refractivity contribution >= 4 is 16.0 Å². The number of carboxylic acids is 1. The van der Waals surface area contributed by atoms with Crippen molar-refractivity contribution in [1.82, 2.24) is 13.9 Å². The number of aliphatic carboxylic acids is 1. The maximum atomic E-state index is 12.7. The molecule has 21 heavy (non-hydrogen) atoms. The fraction of sp³-hybridized carbons (Fsp3) is 0.692. The minimum atomic E-state index is -3.87. The van der Waals surface area contributed by atoms with Gasteiger partial charge in [0.05, 0.1) is 0 Å². The molecule has 1 aromatic heterocycles. The van der Waals surface area contributed by atoms with Crippen molar-refractivity contribution in [2.24, 2.45) is 5.92 Å². The van der Waals surface area contributed by atoms with Gasteiger partial charge in [-0.1, -0.05) is 13.8 Å². The highest BCUT2D eigenvalue weighted by Gasteiger charge is 2.44. The molecule has 0 aliphatic carbocycles. The number of sulfonamides is 1. The van der Waals surface area contributed by atoms with Crippen molar-refractivity contribution in [3.05, 3.63) is 12.0 Å². The molecule has 2 atom stereocenters. The largest absolute Gasteiger partial charge is 0.480 e. The Labute approximate surface area is 124 Å². The maximum absolute atomic E-state index is 12.7. The lowest BCUT2D eigenvalue weighted by molar-refractivity contribution is -0.141. The Hall–Kier alpha value is -1.41. The van der Waals surface area contributed by atoms with Gasteiger partial charge in [-0.05, 0) is 25.7 Å². The number of hydrogen-bond donors (Lipinski definition) is 1. The van der Waals surface area contributed by atoms with E-state index < -0.39 is 22.0 Å². The second-order valence-electron chi connectivity index (χ2n) is 5.48. The molecule has 1 N–H and O–H groups in total. The second-order valence-corrected chi connectivity index (χ2v) is 7.32. The molecule has 1 saturated heterocycles. The summed E-state index contributed by atoms with van der Waals surface area (Å²) in [6, 6.07) is -1.01. The van der Waals surface area contributed by atoms with Gasteiger partial charge in [-0.2, -0.15) is 4.31 Å². The molecule has 2 rings (SSSR count). The Morgan fingerprint density at radius 3 is 2.76 bits per heavy atom. The summed E-state index contributed by atoms with van der Waals surface area (Å²) in [5.74, 6) is -0.682. The highest BCUT2D eigenvalue weighted by molar-refractivity contribution is 7.89. The molecule has 8 heteroatoms. The molecule has 2 heterocycles. The number of aromatic nitrogens is 2. The quantitative estimate of drug-likeness (QED) is 0.878. The van der Waals surface area contributed by atoms with Crippen LogP contribution in [0.5, 0.6) is 0 Å². The van der Waals surface area contributed by atoms with Crippen LogP contribution in [0.25, 0.3) is 0 Å². The normalized spacial score (nSPS) is 23.6. The minimum Gasteiger partial charge on any atom is -0.480 e. The Kier molecular flexibility index (Phi) is 4.38. The lowest BCUT2D eigenvalue weighted by Gasteiger charge is -2.21. The first-order valence-corrected chi connectivity index (χ1v) is 8.51. The Balaban J connectivity index is 2.38. The molecular weight excluding hydrogens is 294 g/mol. The molecule has 0 amide bonds. The highest BCUT2D eigenvalue weighted by atomic mass is 32.2. The number of hydrogen-bond acceptors (Lipinski definition) is 4. The van der Waals surface area contributed by atoms with E-state index in [-0.39, 0.29) is 17.5 Å². The zero-order chi connectivity index (χ0) is 15.8. The van der Waals surface area contributed by atoms with Crippen LogP contribution < -0.4 is 0 Å². The lowest BCUT2D eigenvalue weighted by Crippen LogP contribution is -2.42. The van der Waals surface area contributed by atoms with Gasteiger partial charge in [0.1, 0.15) is 11.9 Å². The molecular formula is C13H21N3O4S. The third kappa shape index (κ3) is 2.82. The minimum absolute atomic E-state index is 0.0613. The van der Waals surface area contributed by atoms with Crippen LogP contribution in [0.4, 0.5) is 0 Å². The third-order valence-corrected chi connectivity index (χ3v) is 5.65. The van der Waals surface area contributed by atoms with E-state index in [4.69, 9.17) is 0 Å². The third-order valence-electron chi connectivity index (χ3n) is 3.90. The summed E-state index contributed by atoms with van der Waals surface area (Å²) in [5.41, 5.74) is 0. The number of aryl methyl sites for hydroxylation is 2. The van der Waals surface area contributed by atoms with E-state index in [1.54, 1.807) is 18.4 Å². The highest BCUT2D eigenvalue weighted by Crippen LogP contribution is 2.30. The van der Waals surface area contributed by atoms with Crippen LogP contribution in [0, 0.1) is 12.8 Å². The SMILES string of the molecule is CCCn1cc(S(=O)(=O)N2CCC(C)C2C(=O)O)nc1C. The van der Waals surface area contributed by atoms with Crippen LogP contribution in [0.3, 0.4) is 0 Å². The molecule has 0 spiro atoms. The summed E-state index contributed by atoms with van der Waals surface area (Å²) < 4.78 is 28.2. The van der Waals surface area contributed by atoms with Gasteiger partial charge in [0.2, 0.25) is 0 Å². The van der Waals surface area contributed by atoms with E-state index in [1.807, 2.05) is 6.92 Å². The summed E-state index contributed by atoms with van der Waals surface area (Å²) >= 11 is 0. The first-order valence-electron chi connectivity index (χ1n) is 7.07. The van der Waals surface area contributed by atoms with Crippen LogP contribution >= 0.6 is 0 Å². The summed E-state index contributed by atoms with van der Waals surface area (Å²) in [6.45, 7) is 6.41. The fourth-order valence-electron chi connectivity index (χ4n) is 2.74. The van der Waals surface area contributed by atoms with Gasteiger partial charge < -0.3 is 9.67 Å². The van der Waals surface area contributed by atoms with Crippen molar-refractivity contribution in [3.63, 3.8) is 0 Å². The van der Waals surface area contributed by atoms with E-state index >= 15 is 0 Å². The molecule has 1 aliphatic rings. The number of imidazole rings is 1. The molecule has 0 radical (unpaired) electrons. The van der Waals surface area contributed by atoms with E-state index in [2.05, 4.69) is 4.98 Å². The number of carbonyl (C=O) groups is 1. The summed E-state index contributed by atoms with van der Waals surface area (Å²) in [5, 5.41) is 9.22. The number of rotatable bonds is 5. The van der Waals surface area contributed by atoms with Crippen molar-refractivity contribution in [2.75, 3.05) is 6.54 Å². The van der Waals surface area contributed by atoms with E-state index in [1.165, 1.54) is 6.20 Å². The summed E-state index contributed by atoms with van der Waals surface area (Å²) in [4.78, 5) is 15.4. The Morgan fingerprint density at radius 2 is 2.19 bits per heavy atom. The second kappa shape index (κ2) is 5.76. The molecule has 0 aromatic carbocycles. The maximum Gasteiger partial charge on any atom is 0.322 e. The Morgan fingerprint density at radius 1 is 1.52 bits per heavy atom. The smallest absolute Gasteiger partial charge is 0.322 e. The molecule has 2 unspecified atom stereocenters. The van der Waals surface area contributed by atoms with Gasteiger partial charge in [-0.3, -0.25) is 4.79 Å². The molecule has 1 aliphatic heterocycles. The molecule has 1 aromatic rings. The lowest BCUT2D eigenvalue weighted by atomic mass is 10.0. The zero-order valence-electron chi connectivity index (χ0n) is 12.5. The van der Waals surface area contributed by atoms with Crippen LogP contribution in [0.1, 0.15) is 32.5 Å². The van der Waals surface area contributed by atoms with E-state index in [9.17, 15) is 18.3 Å². The van der Waals surface area contributed by atoms with Crippen LogP contribution in [-0.4, -0.2) is 45.9 Å². The van der Waals surface area contributed by atoms with Crippen LogP contribution in [-0.2, 0) is 21.4 Å². The van der Waals surface area contributed by atoms with Crippen LogP contribution in [0.15, 0.2) is 11.2 Å². The van der Waals surface area contributed by atoms with Gasteiger partial charge in [0.15, 0.2) is 5.03 Å².